The van der Waals surface area contributed by atoms with Crippen LogP contribution in [0.15, 0.2) is 0 Å². The van der Waals surface area contributed by atoms with Gasteiger partial charge < -0.3 is 0 Å². The average Bonchev–Trinajstić information content (AvgIpc) is 1.59. The molecule has 0 saturated carbocycles. The molecule has 0 heterocycles. The normalized spacial score (nSPS) is 12.6. The van der Waals surface area contributed by atoms with Gasteiger partial charge in [0, 0.05) is 18.1 Å². The van der Waals surface area contributed by atoms with Gasteiger partial charge in [-0.25, -0.2) is 0 Å². The zero-order valence-corrected chi connectivity index (χ0v) is 7.89. The van der Waals surface area contributed by atoms with Crippen LogP contribution < -0.4 is 0 Å². The van der Waals surface area contributed by atoms with Crippen molar-refractivity contribution in [1.29, 1.82) is 0 Å². The van der Waals surface area contributed by atoms with E-state index in [-0.39, 0.29) is 0 Å². The molecule has 0 fully saturated rings. The van der Waals surface area contributed by atoms with Gasteiger partial charge in [0.2, 0.25) is 0 Å². The molecule has 1 radical (unpaired) electrons. The summed E-state index contributed by atoms with van der Waals surface area (Å²) < 4.78 is 0. The molecule has 0 saturated heterocycles. The third-order valence-corrected chi connectivity index (χ3v) is 1.70. The highest BCUT2D eigenvalue weighted by Gasteiger charge is 2.15. The molecule has 61 valence electrons. The first-order valence-electron chi connectivity index (χ1n) is 4.07. The Morgan fingerprint density at radius 3 is 1.20 bits per heavy atom. The van der Waals surface area contributed by atoms with E-state index in [0.717, 1.165) is 0 Å². The van der Waals surface area contributed by atoms with Crippen molar-refractivity contribution in [3.05, 3.63) is 6.92 Å². The SMILES string of the molecule is [CH2]C(C)N(C(C)C)C(C)C. The van der Waals surface area contributed by atoms with Gasteiger partial charge in [-0.15, -0.1) is 0 Å². The van der Waals surface area contributed by atoms with Crippen LogP contribution in [0.2, 0.25) is 0 Å². The maximum atomic E-state index is 4.01. The van der Waals surface area contributed by atoms with Gasteiger partial charge in [0.15, 0.2) is 0 Å². The van der Waals surface area contributed by atoms with E-state index in [9.17, 15) is 0 Å². The van der Waals surface area contributed by atoms with Gasteiger partial charge in [0.05, 0.1) is 0 Å². The van der Waals surface area contributed by atoms with Crippen molar-refractivity contribution >= 4 is 0 Å². The van der Waals surface area contributed by atoms with Crippen LogP contribution in [0, 0.1) is 6.92 Å². The highest BCUT2D eigenvalue weighted by atomic mass is 15.2. The van der Waals surface area contributed by atoms with Crippen LogP contribution in [0.4, 0.5) is 0 Å². The smallest absolute Gasteiger partial charge is 0.00729 e. The zero-order chi connectivity index (χ0) is 8.31. The molecular formula is C9H20N. The molecule has 0 bridgehead atoms. The Kier molecular flexibility index (Phi) is 3.95. The summed E-state index contributed by atoms with van der Waals surface area (Å²) in [7, 11) is 0. The van der Waals surface area contributed by atoms with Crippen LogP contribution in [0.5, 0.6) is 0 Å². The van der Waals surface area contributed by atoms with E-state index in [1.165, 1.54) is 0 Å². The quantitative estimate of drug-likeness (QED) is 0.584. The lowest BCUT2D eigenvalue weighted by atomic mass is 10.2. The van der Waals surface area contributed by atoms with E-state index < -0.39 is 0 Å². The van der Waals surface area contributed by atoms with Gasteiger partial charge in [-0.2, -0.15) is 0 Å². The van der Waals surface area contributed by atoms with Gasteiger partial charge in [-0.1, -0.05) is 0 Å². The fourth-order valence-electron chi connectivity index (χ4n) is 1.61. The molecule has 10 heavy (non-hydrogen) atoms. The summed E-state index contributed by atoms with van der Waals surface area (Å²) >= 11 is 0. The molecule has 0 aliphatic heterocycles. The topological polar surface area (TPSA) is 3.24 Å². The van der Waals surface area contributed by atoms with E-state index >= 15 is 0 Å². The van der Waals surface area contributed by atoms with Gasteiger partial charge in [-0.3, -0.25) is 4.90 Å². The second-order valence-electron chi connectivity index (χ2n) is 3.48. The standard InChI is InChI=1S/C9H20N/c1-7(2)10(8(3)4)9(5)6/h7-9H,1H2,2-6H3. The summed E-state index contributed by atoms with van der Waals surface area (Å²) in [5.74, 6) is 0. The van der Waals surface area contributed by atoms with Crippen LogP contribution in [-0.2, 0) is 0 Å². The lowest BCUT2D eigenvalue weighted by Crippen LogP contribution is -2.42. The first-order chi connectivity index (χ1) is 4.46. The molecule has 0 aromatic carbocycles. The van der Waals surface area contributed by atoms with E-state index in [4.69, 9.17) is 0 Å². The highest BCUT2D eigenvalue weighted by molar-refractivity contribution is 4.75. The molecule has 1 nitrogen and oxygen atoms in total. The molecule has 0 aromatic heterocycles. The van der Waals surface area contributed by atoms with E-state index in [0.29, 0.717) is 18.1 Å². The Morgan fingerprint density at radius 1 is 0.900 bits per heavy atom. The monoisotopic (exact) mass is 142 g/mol. The number of hydrogen-bond donors (Lipinski definition) is 0. The first kappa shape index (κ1) is 9.96. The van der Waals surface area contributed by atoms with Gasteiger partial charge >= 0.3 is 0 Å². The molecule has 0 aliphatic rings. The van der Waals surface area contributed by atoms with Crippen molar-refractivity contribution in [2.45, 2.75) is 52.7 Å². The minimum absolute atomic E-state index is 0.417. The Hall–Kier alpha value is -0.0400. The minimum atomic E-state index is 0.417. The third kappa shape index (κ3) is 2.70. The van der Waals surface area contributed by atoms with Crippen LogP contribution >= 0.6 is 0 Å². The third-order valence-electron chi connectivity index (χ3n) is 1.70. The summed E-state index contributed by atoms with van der Waals surface area (Å²) in [5, 5.41) is 0. The van der Waals surface area contributed by atoms with E-state index in [1.54, 1.807) is 0 Å². The number of nitrogens with zero attached hydrogens (tertiary/aromatic N) is 1. The molecule has 0 aromatic rings. The molecule has 1 atom stereocenters. The molecular weight excluding hydrogens is 122 g/mol. The minimum Gasteiger partial charge on any atom is -0.296 e. The van der Waals surface area contributed by atoms with Crippen LogP contribution in [0.1, 0.15) is 34.6 Å². The van der Waals surface area contributed by atoms with Crippen molar-refractivity contribution in [2.24, 2.45) is 0 Å². The van der Waals surface area contributed by atoms with Gasteiger partial charge in [-0.05, 0) is 41.5 Å². The fraction of sp³-hybridized carbons (Fsp3) is 0.889. The lowest BCUT2D eigenvalue weighted by molar-refractivity contribution is 0.146. The second kappa shape index (κ2) is 3.97. The Bertz CT molecular complexity index is 65.7. The average molecular weight is 142 g/mol. The van der Waals surface area contributed by atoms with E-state index in [2.05, 4.69) is 46.4 Å². The Labute approximate surface area is 65.4 Å². The van der Waals surface area contributed by atoms with Crippen molar-refractivity contribution in [3.63, 3.8) is 0 Å². The molecule has 0 N–H and O–H groups in total. The van der Waals surface area contributed by atoms with Crippen molar-refractivity contribution in [3.8, 4) is 0 Å². The Morgan fingerprint density at radius 2 is 1.20 bits per heavy atom. The fourth-order valence-corrected chi connectivity index (χ4v) is 1.61. The van der Waals surface area contributed by atoms with Crippen molar-refractivity contribution in [1.82, 2.24) is 4.90 Å². The predicted octanol–water partition coefficient (Wildman–Crippen LogP) is 2.33. The van der Waals surface area contributed by atoms with Gasteiger partial charge in [0.25, 0.3) is 0 Å². The molecule has 0 spiro atoms. The zero-order valence-electron chi connectivity index (χ0n) is 7.89. The second-order valence-corrected chi connectivity index (χ2v) is 3.48. The van der Waals surface area contributed by atoms with Crippen molar-refractivity contribution < 1.29 is 0 Å². The summed E-state index contributed by atoms with van der Waals surface area (Å²) in [6.07, 6.45) is 0. The molecule has 0 aliphatic carbocycles. The summed E-state index contributed by atoms with van der Waals surface area (Å²) in [6.45, 7) is 15.0. The summed E-state index contributed by atoms with van der Waals surface area (Å²) in [5.41, 5.74) is 0. The maximum absolute atomic E-state index is 4.01. The first-order valence-corrected chi connectivity index (χ1v) is 4.07. The molecule has 0 rings (SSSR count). The van der Waals surface area contributed by atoms with Crippen LogP contribution in [0.3, 0.4) is 0 Å². The summed E-state index contributed by atoms with van der Waals surface area (Å²) in [4.78, 5) is 2.39. The predicted molar refractivity (Wildman–Crippen MR) is 46.9 cm³/mol. The Balaban J connectivity index is 3.98. The largest absolute Gasteiger partial charge is 0.296 e. The lowest BCUT2D eigenvalue weighted by Gasteiger charge is -2.34. The summed E-state index contributed by atoms with van der Waals surface area (Å²) in [6, 6.07) is 1.62. The highest BCUT2D eigenvalue weighted by Crippen LogP contribution is 2.08. The molecule has 1 heteroatoms. The molecule has 1 unspecified atom stereocenters. The van der Waals surface area contributed by atoms with Crippen LogP contribution in [-0.4, -0.2) is 23.0 Å². The van der Waals surface area contributed by atoms with Crippen LogP contribution in [0.25, 0.3) is 0 Å². The maximum Gasteiger partial charge on any atom is 0.00729 e. The van der Waals surface area contributed by atoms with E-state index in [1.807, 2.05) is 0 Å². The molecule has 0 amide bonds. The number of rotatable bonds is 3. The number of hydrogen-bond acceptors (Lipinski definition) is 1. The van der Waals surface area contributed by atoms with Gasteiger partial charge in [0.1, 0.15) is 0 Å². The van der Waals surface area contributed by atoms with Crippen molar-refractivity contribution in [2.75, 3.05) is 0 Å².